The van der Waals surface area contributed by atoms with Gasteiger partial charge in [-0.25, -0.2) is 0 Å². The van der Waals surface area contributed by atoms with Crippen LogP contribution < -0.4 is 14.8 Å². The van der Waals surface area contributed by atoms with E-state index in [-0.39, 0.29) is 11.4 Å². The lowest BCUT2D eigenvalue weighted by Crippen LogP contribution is -2.36. The molecule has 1 heterocycles. The molecule has 0 radical (unpaired) electrons. The predicted molar refractivity (Wildman–Crippen MR) is 146 cm³/mol. The van der Waals surface area contributed by atoms with E-state index in [9.17, 15) is 14.4 Å². The van der Waals surface area contributed by atoms with Crippen LogP contribution in [-0.2, 0) is 16.2 Å². The molecule has 0 aromatic heterocycles. The Labute approximate surface area is 220 Å². The third-order valence-corrected chi connectivity index (χ3v) is 6.68. The molecule has 1 fully saturated rings. The van der Waals surface area contributed by atoms with Gasteiger partial charge >= 0.3 is 0 Å². The van der Waals surface area contributed by atoms with E-state index in [1.807, 2.05) is 63.2 Å². The first-order valence-electron chi connectivity index (χ1n) is 11.9. The van der Waals surface area contributed by atoms with Gasteiger partial charge in [-0.2, -0.15) is 0 Å². The number of thioether (sulfide) groups is 1. The van der Waals surface area contributed by atoms with Gasteiger partial charge in [0, 0.05) is 5.69 Å². The summed E-state index contributed by atoms with van der Waals surface area (Å²) in [6.07, 6.45) is 1.62. The van der Waals surface area contributed by atoms with Gasteiger partial charge in [-0.05, 0) is 85.1 Å². The van der Waals surface area contributed by atoms with Gasteiger partial charge in [0.25, 0.3) is 11.1 Å². The van der Waals surface area contributed by atoms with Gasteiger partial charge in [-0.15, -0.1) is 0 Å². The second-order valence-corrected chi connectivity index (χ2v) is 9.52. The SMILES string of the molecule is CCOc1cc(/C=C2/SC(=O)N(CC(=O)Nc3ccc(C)c(C)c3)C2=O)ccc1OCc1ccccc1. The highest BCUT2D eigenvalue weighted by Crippen LogP contribution is 2.35. The van der Waals surface area contributed by atoms with Crippen molar-refractivity contribution in [1.29, 1.82) is 0 Å². The van der Waals surface area contributed by atoms with E-state index in [0.29, 0.717) is 36.0 Å². The number of aryl methyl sites for hydroxylation is 2. The Bertz CT molecular complexity index is 1350. The van der Waals surface area contributed by atoms with Crippen LogP contribution in [0, 0.1) is 13.8 Å². The van der Waals surface area contributed by atoms with E-state index in [1.54, 1.807) is 30.3 Å². The number of ether oxygens (including phenoxy) is 2. The zero-order valence-electron chi connectivity index (χ0n) is 20.9. The maximum atomic E-state index is 12.9. The first-order valence-corrected chi connectivity index (χ1v) is 12.7. The highest BCUT2D eigenvalue weighted by Gasteiger charge is 2.36. The summed E-state index contributed by atoms with van der Waals surface area (Å²) in [5, 5.41) is 2.26. The third kappa shape index (κ3) is 6.59. The number of rotatable bonds is 9. The number of imide groups is 1. The Morgan fingerprint density at radius 2 is 1.73 bits per heavy atom. The van der Waals surface area contributed by atoms with Crippen LogP contribution in [-0.4, -0.2) is 35.1 Å². The molecule has 8 heteroatoms. The molecule has 0 unspecified atom stereocenters. The second-order valence-electron chi connectivity index (χ2n) is 8.53. The van der Waals surface area contributed by atoms with Crippen LogP contribution >= 0.6 is 11.8 Å². The third-order valence-electron chi connectivity index (χ3n) is 5.77. The van der Waals surface area contributed by atoms with E-state index < -0.39 is 17.1 Å². The Morgan fingerprint density at radius 3 is 2.46 bits per heavy atom. The molecular formula is C29H28N2O5S. The molecule has 3 aromatic rings. The van der Waals surface area contributed by atoms with E-state index in [1.165, 1.54) is 0 Å². The van der Waals surface area contributed by atoms with Crippen LogP contribution in [0.2, 0.25) is 0 Å². The summed E-state index contributed by atoms with van der Waals surface area (Å²) in [4.78, 5) is 39.2. The Balaban J connectivity index is 1.44. The minimum absolute atomic E-state index is 0.240. The van der Waals surface area contributed by atoms with Gasteiger partial charge in [-0.1, -0.05) is 42.5 Å². The Hall–Kier alpha value is -4.04. The van der Waals surface area contributed by atoms with Crippen molar-refractivity contribution in [2.45, 2.75) is 27.4 Å². The number of hydrogen-bond donors (Lipinski definition) is 1. The lowest BCUT2D eigenvalue weighted by atomic mass is 10.1. The molecule has 190 valence electrons. The zero-order chi connectivity index (χ0) is 26.4. The van der Waals surface area contributed by atoms with Crippen molar-refractivity contribution >= 4 is 40.6 Å². The summed E-state index contributed by atoms with van der Waals surface area (Å²) in [5.74, 6) is 0.177. The molecule has 37 heavy (non-hydrogen) atoms. The van der Waals surface area contributed by atoms with Crippen molar-refractivity contribution in [2.24, 2.45) is 0 Å². The maximum Gasteiger partial charge on any atom is 0.294 e. The number of carbonyl (C=O) groups is 3. The lowest BCUT2D eigenvalue weighted by molar-refractivity contribution is -0.127. The molecule has 0 bridgehead atoms. The van der Waals surface area contributed by atoms with Crippen LogP contribution in [0.5, 0.6) is 11.5 Å². The van der Waals surface area contributed by atoms with Crippen molar-refractivity contribution in [1.82, 2.24) is 4.90 Å². The fraction of sp³-hybridized carbons (Fsp3) is 0.207. The minimum Gasteiger partial charge on any atom is -0.490 e. The number of nitrogens with zero attached hydrogens (tertiary/aromatic N) is 1. The average Bonchev–Trinajstić information content (AvgIpc) is 3.14. The largest absolute Gasteiger partial charge is 0.490 e. The number of nitrogens with one attached hydrogen (secondary N) is 1. The smallest absolute Gasteiger partial charge is 0.294 e. The Morgan fingerprint density at radius 1 is 0.946 bits per heavy atom. The monoisotopic (exact) mass is 516 g/mol. The van der Waals surface area contributed by atoms with E-state index in [4.69, 9.17) is 9.47 Å². The van der Waals surface area contributed by atoms with Gasteiger partial charge < -0.3 is 14.8 Å². The minimum atomic E-state index is -0.507. The molecule has 0 aliphatic carbocycles. The Kier molecular flexibility index (Phi) is 8.30. The van der Waals surface area contributed by atoms with Crippen LogP contribution in [0.3, 0.4) is 0 Å². The van der Waals surface area contributed by atoms with Gasteiger partial charge in [0.2, 0.25) is 5.91 Å². The number of carbonyl (C=O) groups excluding carboxylic acids is 3. The maximum absolute atomic E-state index is 12.9. The summed E-state index contributed by atoms with van der Waals surface area (Å²) in [6, 6.07) is 20.7. The molecule has 1 aliphatic rings. The van der Waals surface area contributed by atoms with E-state index in [2.05, 4.69) is 5.32 Å². The molecule has 1 aliphatic heterocycles. The van der Waals surface area contributed by atoms with Crippen LogP contribution in [0.4, 0.5) is 10.5 Å². The second kappa shape index (κ2) is 11.8. The quantitative estimate of drug-likeness (QED) is 0.354. The van der Waals surface area contributed by atoms with Gasteiger partial charge in [0.15, 0.2) is 11.5 Å². The predicted octanol–water partition coefficient (Wildman–Crippen LogP) is 5.96. The standard InChI is InChI=1S/C29H28N2O5S/c1-4-35-25-15-22(11-13-24(25)36-18-21-8-6-5-7-9-21)16-26-28(33)31(29(34)37-26)17-27(32)30-23-12-10-19(2)20(3)14-23/h5-16H,4,17-18H2,1-3H3,(H,30,32)/b26-16+. The highest BCUT2D eigenvalue weighted by atomic mass is 32.2. The molecule has 0 saturated carbocycles. The van der Waals surface area contributed by atoms with Crippen LogP contribution in [0.1, 0.15) is 29.2 Å². The summed E-state index contributed by atoms with van der Waals surface area (Å²) < 4.78 is 11.7. The van der Waals surface area contributed by atoms with Crippen LogP contribution in [0.15, 0.2) is 71.6 Å². The van der Waals surface area contributed by atoms with E-state index >= 15 is 0 Å². The molecule has 1 saturated heterocycles. The first kappa shape index (κ1) is 26.0. The summed E-state index contributed by atoms with van der Waals surface area (Å²) in [5.41, 5.74) is 4.48. The summed E-state index contributed by atoms with van der Waals surface area (Å²) >= 11 is 0.807. The zero-order valence-corrected chi connectivity index (χ0v) is 21.8. The summed E-state index contributed by atoms with van der Waals surface area (Å²) in [6.45, 7) is 6.29. The highest BCUT2D eigenvalue weighted by molar-refractivity contribution is 8.18. The van der Waals surface area contributed by atoms with Crippen molar-refractivity contribution in [2.75, 3.05) is 18.5 Å². The summed E-state index contributed by atoms with van der Waals surface area (Å²) in [7, 11) is 0. The average molecular weight is 517 g/mol. The normalized spacial score (nSPS) is 14.2. The van der Waals surface area contributed by atoms with E-state index in [0.717, 1.165) is 33.4 Å². The van der Waals surface area contributed by atoms with Crippen molar-refractivity contribution in [3.05, 3.63) is 93.9 Å². The number of amides is 3. The molecule has 3 aromatic carbocycles. The molecule has 1 N–H and O–H groups in total. The number of anilines is 1. The fourth-order valence-corrected chi connectivity index (χ4v) is 4.53. The van der Waals surface area contributed by atoms with Gasteiger partial charge in [0.1, 0.15) is 13.2 Å². The van der Waals surface area contributed by atoms with Gasteiger partial charge in [0.05, 0.1) is 11.5 Å². The lowest BCUT2D eigenvalue weighted by Gasteiger charge is -2.13. The van der Waals surface area contributed by atoms with Gasteiger partial charge in [-0.3, -0.25) is 19.3 Å². The molecule has 3 amide bonds. The molecule has 7 nitrogen and oxygen atoms in total. The van der Waals surface area contributed by atoms with Crippen molar-refractivity contribution < 1.29 is 23.9 Å². The number of benzene rings is 3. The first-order chi connectivity index (χ1) is 17.8. The molecule has 4 rings (SSSR count). The van der Waals surface area contributed by atoms with Crippen LogP contribution in [0.25, 0.3) is 6.08 Å². The molecule has 0 spiro atoms. The molecular weight excluding hydrogens is 488 g/mol. The van der Waals surface area contributed by atoms with Crippen molar-refractivity contribution in [3.8, 4) is 11.5 Å². The molecule has 0 atom stereocenters. The topological polar surface area (TPSA) is 84.9 Å². The fourth-order valence-electron chi connectivity index (χ4n) is 3.69. The number of hydrogen-bond acceptors (Lipinski definition) is 6. The van der Waals surface area contributed by atoms with Crippen molar-refractivity contribution in [3.63, 3.8) is 0 Å².